The molecule has 0 aromatic heterocycles. The van der Waals surface area contributed by atoms with Crippen molar-refractivity contribution in [3.8, 4) is 0 Å². The molecule has 116 valence electrons. The van der Waals surface area contributed by atoms with Crippen molar-refractivity contribution >= 4 is 32.3 Å². The van der Waals surface area contributed by atoms with Gasteiger partial charge in [0.05, 0.1) is 9.79 Å². The molecular weight excluding hydrogens is 324 g/mol. The van der Waals surface area contributed by atoms with E-state index in [-0.39, 0.29) is 22.2 Å². The molecule has 20 heavy (non-hydrogen) atoms. The molecule has 6 nitrogen and oxygen atoms in total. The van der Waals surface area contributed by atoms with Crippen LogP contribution in [0.5, 0.6) is 0 Å². The van der Waals surface area contributed by atoms with Gasteiger partial charge in [0.15, 0.2) is 9.84 Å². The lowest BCUT2D eigenvalue weighted by Crippen LogP contribution is -2.32. The molecule has 0 aliphatic heterocycles. The summed E-state index contributed by atoms with van der Waals surface area (Å²) in [5.41, 5.74) is 0. The maximum Gasteiger partial charge on any atom is 0.242 e. The van der Waals surface area contributed by atoms with E-state index in [9.17, 15) is 16.8 Å². The maximum absolute atomic E-state index is 12.1. The van der Waals surface area contributed by atoms with Gasteiger partial charge < -0.3 is 5.32 Å². The van der Waals surface area contributed by atoms with Gasteiger partial charge in [-0.1, -0.05) is 0 Å². The van der Waals surface area contributed by atoms with Crippen LogP contribution in [0.1, 0.15) is 0 Å². The summed E-state index contributed by atoms with van der Waals surface area (Å²) in [5.74, 6) is 0. The lowest BCUT2D eigenvalue weighted by molar-refractivity contribution is 0.466. The predicted octanol–water partition coefficient (Wildman–Crippen LogP) is 0.352. The molecule has 0 spiro atoms. The largest absolute Gasteiger partial charge is 0.318 e. The molecule has 0 amide bonds. The monoisotopic (exact) mass is 342 g/mol. The highest BCUT2D eigenvalue weighted by Gasteiger charge is 2.20. The van der Waals surface area contributed by atoms with Gasteiger partial charge in [-0.15, -0.1) is 12.4 Å². The zero-order chi connectivity index (χ0) is 14.7. The SMILES string of the molecule is CNCCN(C)S(=O)(=O)c1ccc(S(C)(=O)=O)cc1.Cl. The fraction of sp³-hybridized carbons (Fsp3) is 0.455. The molecule has 0 heterocycles. The Morgan fingerprint density at radius 2 is 1.50 bits per heavy atom. The number of nitrogens with zero attached hydrogens (tertiary/aromatic N) is 1. The number of hydrogen-bond donors (Lipinski definition) is 1. The van der Waals surface area contributed by atoms with Crippen molar-refractivity contribution in [1.29, 1.82) is 0 Å². The molecule has 1 aromatic carbocycles. The average molecular weight is 343 g/mol. The summed E-state index contributed by atoms with van der Waals surface area (Å²) in [6.07, 6.45) is 1.08. The summed E-state index contributed by atoms with van der Waals surface area (Å²) in [6.45, 7) is 0.879. The summed E-state index contributed by atoms with van der Waals surface area (Å²) in [7, 11) is -3.67. The Balaban J connectivity index is 0.00000361. The predicted molar refractivity (Wildman–Crippen MR) is 80.5 cm³/mol. The Morgan fingerprint density at radius 3 is 1.90 bits per heavy atom. The molecule has 0 aliphatic carbocycles. The second kappa shape index (κ2) is 7.37. The number of halogens is 1. The van der Waals surface area contributed by atoms with Gasteiger partial charge in [-0.2, -0.15) is 4.31 Å². The van der Waals surface area contributed by atoms with Crippen molar-refractivity contribution in [2.24, 2.45) is 0 Å². The first-order valence-electron chi connectivity index (χ1n) is 5.60. The highest BCUT2D eigenvalue weighted by molar-refractivity contribution is 7.90. The van der Waals surface area contributed by atoms with E-state index in [1.54, 1.807) is 7.05 Å². The lowest BCUT2D eigenvalue weighted by Gasteiger charge is -2.17. The first-order chi connectivity index (χ1) is 8.69. The number of sulfone groups is 1. The third-order valence-corrected chi connectivity index (χ3v) is 5.64. The molecule has 0 fully saturated rings. The number of hydrogen-bond acceptors (Lipinski definition) is 5. The minimum Gasteiger partial charge on any atom is -0.318 e. The van der Waals surface area contributed by atoms with E-state index in [0.29, 0.717) is 13.1 Å². The quantitative estimate of drug-likeness (QED) is 0.806. The number of rotatable bonds is 6. The van der Waals surface area contributed by atoms with Crippen molar-refractivity contribution < 1.29 is 16.8 Å². The third-order valence-electron chi connectivity index (χ3n) is 2.64. The second-order valence-electron chi connectivity index (χ2n) is 4.17. The number of nitrogens with one attached hydrogen (secondary N) is 1. The van der Waals surface area contributed by atoms with Gasteiger partial charge in [0, 0.05) is 26.4 Å². The van der Waals surface area contributed by atoms with E-state index in [0.717, 1.165) is 6.26 Å². The van der Waals surface area contributed by atoms with Crippen LogP contribution in [0.2, 0.25) is 0 Å². The Labute approximate surface area is 126 Å². The van der Waals surface area contributed by atoms with Crippen LogP contribution < -0.4 is 5.32 Å². The van der Waals surface area contributed by atoms with Gasteiger partial charge in [-0.25, -0.2) is 16.8 Å². The van der Waals surface area contributed by atoms with Gasteiger partial charge >= 0.3 is 0 Å². The van der Waals surface area contributed by atoms with E-state index in [1.165, 1.54) is 35.6 Å². The van der Waals surface area contributed by atoms with E-state index < -0.39 is 19.9 Å². The first kappa shape index (κ1) is 19.3. The fourth-order valence-electron chi connectivity index (χ4n) is 1.43. The second-order valence-corrected chi connectivity index (χ2v) is 8.23. The van der Waals surface area contributed by atoms with Crippen molar-refractivity contribution in [1.82, 2.24) is 9.62 Å². The summed E-state index contributed by atoms with van der Waals surface area (Å²) in [5, 5.41) is 2.87. The highest BCUT2D eigenvalue weighted by atomic mass is 35.5. The molecule has 0 unspecified atom stereocenters. The molecule has 0 atom stereocenters. The van der Waals surface area contributed by atoms with Crippen LogP contribution in [0.4, 0.5) is 0 Å². The third kappa shape index (κ3) is 4.71. The minimum atomic E-state index is -3.57. The fourth-order valence-corrected chi connectivity index (χ4v) is 3.23. The smallest absolute Gasteiger partial charge is 0.242 e. The highest BCUT2D eigenvalue weighted by Crippen LogP contribution is 2.17. The maximum atomic E-state index is 12.1. The van der Waals surface area contributed by atoms with Crippen LogP contribution in [0.25, 0.3) is 0 Å². The van der Waals surface area contributed by atoms with Gasteiger partial charge in [-0.3, -0.25) is 0 Å². The van der Waals surface area contributed by atoms with E-state index >= 15 is 0 Å². The van der Waals surface area contributed by atoms with E-state index in [2.05, 4.69) is 5.32 Å². The average Bonchev–Trinajstić information content (AvgIpc) is 2.35. The van der Waals surface area contributed by atoms with Crippen LogP contribution in [0.3, 0.4) is 0 Å². The van der Waals surface area contributed by atoms with E-state index in [1.807, 2.05) is 0 Å². The summed E-state index contributed by atoms with van der Waals surface area (Å²) >= 11 is 0. The molecular formula is C11H19ClN2O4S2. The topological polar surface area (TPSA) is 83.6 Å². The van der Waals surface area contributed by atoms with Crippen molar-refractivity contribution in [3.63, 3.8) is 0 Å². The Hall–Kier alpha value is -0.670. The molecule has 1 aromatic rings. The normalized spacial score (nSPS) is 12.2. The van der Waals surface area contributed by atoms with E-state index in [4.69, 9.17) is 0 Å². The Bertz CT molecular complexity index is 627. The molecule has 1 N–H and O–H groups in total. The zero-order valence-electron chi connectivity index (χ0n) is 11.5. The Morgan fingerprint density at radius 1 is 1.05 bits per heavy atom. The van der Waals surface area contributed by atoms with Gasteiger partial charge in [0.1, 0.15) is 0 Å². The number of likely N-dealkylation sites (N-methyl/N-ethyl adjacent to an activating group) is 2. The lowest BCUT2D eigenvalue weighted by atomic mass is 10.4. The number of benzene rings is 1. The van der Waals surface area contributed by atoms with Crippen LogP contribution in [-0.2, 0) is 19.9 Å². The molecule has 0 aliphatic rings. The van der Waals surface area contributed by atoms with Crippen LogP contribution in [0, 0.1) is 0 Å². The van der Waals surface area contributed by atoms with Crippen molar-refractivity contribution in [2.45, 2.75) is 9.79 Å². The number of sulfonamides is 1. The molecule has 9 heteroatoms. The Kier molecular flexibility index (Phi) is 7.12. The standard InChI is InChI=1S/C11H18N2O4S2.ClH/c1-12-8-9-13(2)19(16,17)11-6-4-10(5-7-11)18(3,14)15;/h4-7,12H,8-9H2,1-3H3;1H. The van der Waals surface area contributed by atoms with Crippen LogP contribution in [-0.4, -0.2) is 54.6 Å². The van der Waals surface area contributed by atoms with Gasteiger partial charge in [-0.05, 0) is 31.3 Å². The van der Waals surface area contributed by atoms with Gasteiger partial charge in [0.25, 0.3) is 0 Å². The van der Waals surface area contributed by atoms with Gasteiger partial charge in [0.2, 0.25) is 10.0 Å². The summed E-state index contributed by atoms with van der Waals surface area (Å²) in [4.78, 5) is 0.183. The van der Waals surface area contributed by atoms with Crippen molar-refractivity contribution in [2.75, 3.05) is 33.4 Å². The van der Waals surface area contributed by atoms with Crippen molar-refractivity contribution in [3.05, 3.63) is 24.3 Å². The van der Waals surface area contributed by atoms with Crippen LogP contribution >= 0.6 is 12.4 Å². The minimum absolute atomic E-state index is 0. The molecule has 0 saturated carbocycles. The molecule has 1 rings (SSSR count). The summed E-state index contributed by atoms with van der Waals surface area (Å²) < 4.78 is 48.1. The molecule has 0 radical (unpaired) electrons. The zero-order valence-corrected chi connectivity index (χ0v) is 14.0. The molecule has 0 bridgehead atoms. The molecule has 0 saturated heterocycles. The first-order valence-corrected chi connectivity index (χ1v) is 8.94. The summed E-state index contributed by atoms with van der Waals surface area (Å²) in [6, 6.07) is 5.21. The van der Waals surface area contributed by atoms with Crippen LogP contribution in [0.15, 0.2) is 34.1 Å².